The minimum atomic E-state index is -4.66. The van der Waals surface area contributed by atoms with E-state index in [2.05, 4.69) is 25.7 Å². The summed E-state index contributed by atoms with van der Waals surface area (Å²) in [7, 11) is 0. The van der Waals surface area contributed by atoms with Gasteiger partial charge in [0.25, 0.3) is 5.91 Å². The minimum Gasteiger partial charge on any atom is -0.371 e. The van der Waals surface area contributed by atoms with Crippen molar-refractivity contribution in [3.8, 4) is 5.82 Å². The number of nitrogens with one attached hydrogen (secondary N) is 2. The number of amides is 1. The summed E-state index contributed by atoms with van der Waals surface area (Å²) in [6.45, 7) is 1.66. The first-order chi connectivity index (χ1) is 14.8. The Balaban J connectivity index is 0.00000289. The van der Waals surface area contributed by atoms with Crippen molar-refractivity contribution < 1.29 is 27.1 Å². The van der Waals surface area contributed by atoms with Gasteiger partial charge in [-0.05, 0) is 12.1 Å². The number of hydrogen-bond donors (Lipinski definition) is 2. The van der Waals surface area contributed by atoms with Gasteiger partial charge in [0.15, 0.2) is 11.5 Å². The summed E-state index contributed by atoms with van der Waals surface area (Å²) >= 11 is 0. The fourth-order valence-corrected chi connectivity index (χ4v) is 3.00. The van der Waals surface area contributed by atoms with Gasteiger partial charge in [-0.1, -0.05) is 6.07 Å². The molecule has 3 heterocycles. The first-order valence-electron chi connectivity index (χ1n) is 9.18. The largest absolute Gasteiger partial charge is 0.434 e. The number of ether oxygens (including phenoxy) is 1. The van der Waals surface area contributed by atoms with Crippen molar-refractivity contribution >= 4 is 24.0 Å². The molecule has 2 N–H and O–H groups in total. The number of nitrogens with zero attached hydrogens (tertiary/aromatic N) is 4. The van der Waals surface area contributed by atoms with Crippen LogP contribution in [0.25, 0.3) is 5.82 Å². The molecule has 0 bridgehead atoms. The Bertz CT molecular complexity index is 1100. The van der Waals surface area contributed by atoms with E-state index in [1.165, 1.54) is 24.4 Å². The summed E-state index contributed by atoms with van der Waals surface area (Å²) in [4.78, 5) is 19.4. The molecule has 13 heteroatoms. The van der Waals surface area contributed by atoms with Crippen LogP contribution in [-0.2, 0) is 10.9 Å². The van der Waals surface area contributed by atoms with Crippen molar-refractivity contribution in [1.29, 1.82) is 0 Å². The number of anilines is 1. The number of hydrogen-bond acceptors (Lipinski definition) is 6. The summed E-state index contributed by atoms with van der Waals surface area (Å²) in [6, 6.07) is 4.25. The highest BCUT2D eigenvalue weighted by atomic mass is 35.5. The lowest BCUT2D eigenvalue weighted by molar-refractivity contribution is -0.141. The number of morpholine rings is 1. The topological polar surface area (TPSA) is 94.0 Å². The van der Waals surface area contributed by atoms with E-state index >= 15 is 0 Å². The molecule has 1 fully saturated rings. The highest BCUT2D eigenvalue weighted by Gasteiger charge is 2.33. The SMILES string of the molecule is Cl.O=C(Nc1ccc(C2CNCCO2)c(F)c1)c1cnn(-c2cncc(C(F)(F)F)n2)c1. The van der Waals surface area contributed by atoms with Crippen LogP contribution in [0.3, 0.4) is 0 Å². The maximum Gasteiger partial charge on any atom is 0.434 e. The van der Waals surface area contributed by atoms with Crippen molar-refractivity contribution in [2.45, 2.75) is 12.3 Å². The molecule has 0 radical (unpaired) electrons. The first-order valence-corrected chi connectivity index (χ1v) is 9.18. The molecule has 0 saturated carbocycles. The van der Waals surface area contributed by atoms with Crippen molar-refractivity contribution in [2.75, 3.05) is 25.0 Å². The van der Waals surface area contributed by atoms with Crippen molar-refractivity contribution in [1.82, 2.24) is 25.1 Å². The number of alkyl halides is 3. The van der Waals surface area contributed by atoms with E-state index in [4.69, 9.17) is 4.74 Å². The van der Waals surface area contributed by atoms with Crippen LogP contribution in [0.1, 0.15) is 27.7 Å². The van der Waals surface area contributed by atoms with E-state index in [1.54, 1.807) is 0 Å². The normalized spacial score (nSPS) is 16.3. The molecule has 170 valence electrons. The lowest BCUT2D eigenvalue weighted by Crippen LogP contribution is -2.33. The number of rotatable bonds is 4. The molecular formula is C19H17ClF4N6O2. The predicted octanol–water partition coefficient (Wildman–Crippen LogP) is 3.16. The third-order valence-electron chi connectivity index (χ3n) is 4.52. The van der Waals surface area contributed by atoms with E-state index in [0.29, 0.717) is 31.5 Å². The van der Waals surface area contributed by atoms with Gasteiger partial charge >= 0.3 is 6.18 Å². The lowest BCUT2D eigenvalue weighted by atomic mass is 10.1. The van der Waals surface area contributed by atoms with Gasteiger partial charge in [-0.2, -0.15) is 18.3 Å². The van der Waals surface area contributed by atoms with Crippen molar-refractivity contribution in [2.24, 2.45) is 0 Å². The smallest absolute Gasteiger partial charge is 0.371 e. The number of halogens is 5. The molecule has 1 aliphatic rings. The minimum absolute atomic E-state index is 0. The van der Waals surface area contributed by atoms with Crippen LogP contribution in [0.2, 0.25) is 0 Å². The maximum atomic E-state index is 14.5. The predicted molar refractivity (Wildman–Crippen MR) is 107 cm³/mol. The van der Waals surface area contributed by atoms with Crippen LogP contribution in [0.15, 0.2) is 43.0 Å². The standard InChI is InChI=1S/C19H16F4N6O2.ClH/c20-14-5-12(1-2-13(14)15-7-24-3-4-31-15)27-18(30)11-6-26-29(10-11)17-9-25-8-16(28-17)19(21,22)23;/h1-2,5-6,8-10,15,24H,3-4,7H2,(H,27,30);1H. The van der Waals surface area contributed by atoms with Crippen LogP contribution in [0.4, 0.5) is 23.2 Å². The molecule has 0 spiro atoms. The maximum absolute atomic E-state index is 14.5. The zero-order chi connectivity index (χ0) is 22.0. The first kappa shape index (κ1) is 23.6. The number of benzene rings is 1. The van der Waals surface area contributed by atoms with E-state index in [-0.39, 0.29) is 29.5 Å². The number of carbonyl (C=O) groups excluding carboxylic acids is 1. The van der Waals surface area contributed by atoms with Gasteiger partial charge in [0.05, 0.1) is 36.9 Å². The van der Waals surface area contributed by atoms with Gasteiger partial charge in [0.2, 0.25) is 0 Å². The zero-order valence-electron chi connectivity index (χ0n) is 16.3. The summed E-state index contributed by atoms with van der Waals surface area (Å²) in [6.07, 6.45) is -1.04. The fourth-order valence-electron chi connectivity index (χ4n) is 3.00. The average molecular weight is 473 g/mol. The summed E-state index contributed by atoms with van der Waals surface area (Å²) in [5.41, 5.74) is -0.550. The molecule has 0 aliphatic carbocycles. The highest BCUT2D eigenvalue weighted by molar-refractivity contribution is 6.04. The molecule has 1 aromatic carbocycles. The van der Waals surface area contributed by atoms with Gasteiger partial charge in [0.1, 0.15) is 5.82 Å². The van der Waals surface area contributed by atoms with Crippen LogP contribution in [0.5, 0.6) is 0 Å². The quantitative estimate of drug-likeness (QED) is 0.567. The Hall–Kier alpha value is -3.09. The molecule has 4 rings (SSSR count). The Labute approximate surface area is 185 Å². The van der Waals surface area contributed by atoms with Crippen LogP contribution in [0, 0.1) is 5.82 Å². The second kappa shape index (κ2) is 9.59. The Kier molecular flexibility index (Phi) is 7.06. The molecule has 1 saturated heterocycles. The van der Waals surface area contributed by atoms with E-state index < -0.39 is 29.7 Å². The van der Waals surface area contributed by atoms with Gasteiger partial charge in [0, 0.05) is 30.5 Å². The van der Waals surface area contributed by atoms with Gasteiger partial charge < -0.3 is 15.4 Å². The average Bonchev–Trinajstić information content (AvgIpc) is 3.25. The molecule has 3 aromatic rings. The summed E-state index contributed by atoms with van der Waals surface area (Å²) < 4.78 is 59.4. The summed E-state index contributed by atoms with van der Waals surface area (Å²) in [5, 5.41) is 9.49. The van der Waals surface area contributed by atoms with E-state index in [9.17, 15) is 22.4 Å². The molecular weight excluding hydrogens is 456 g/mol. The third-order valence-corrected chi connectivity index (χ3v) is 4.52. The molecule has 32 heavy (non-hydrogen) atoms. The van der Waals surface area contributed by atoms with Crippen molar-refractivity contribution in [3.05, 3.63) is 65.6 Å². The highest BCUT2D eigenvalue weighted by Crippen LogP contribution is 2.27. The molecule has 1 unspecified atom stereocenters. The van der Waals surface area contributed by atoms with E-state index in [0.717, 1.165) is 17.1 Å². The Morgan fingerprint density at radius 3 is 2.75 bits per heavy atom. The van der Waals surface area contributed by atoms with Gasteiger partial charge in [-0.25, -0.2) is 14.1 Å². The van der Waals surface area contributed by atoms with E-state index in [1.807, 2.05) is 0 Å². The van der Waals surface area contributed by atoms with Gasteiger partial charge in [-0.3, -0.25) is 9.78 Å². The molecule has 1 aliphatic heterocycles. The summed E-state index contributed by atoms with van der Waals surface area (Å²) in [5.74, 6) is -1.35. The van der Waals surface area contributed by atoms with Crippen molar-refractivity contribution in [3.63, 3.8) is 0 Å². The number of aromatic nitrogens is 4. The monoisotopic (exact) mass is 472 g/mol. The molecule has 1 atom stereocenters. The van der Waals surface area contributed by atoms with Crippen LogP contribution in [-0.4, -0.2) is 45.4 Å². The Morgan fingerprint density at radius 1 is 1.25 bits per heavy atom. The van der Waals surface area contributed by atoms with Crippen LogP contribution >= 0.6 is 12.4 Å². The third kappa shape index (κ3) is 5.21. The zero-order valence-corrected chi connectivity index (χ0v) is 17.1. The lowest BCUT2D eigenvalue weighted by Gasteiger charge is -2.24. The Morgan fingerprint density at radius 2 is 2.06 bits per heavy atom. The second-order valence-corrected chi connectivity index (χ2v) is 6.69. The van der Waals surface area contributed by atoms with Crippen LogP contribution < -0.4 is 10.6 Å². The molecule has 8 nitrogen and oxygen atoms in total. The molecule has 1 amide bonds. The van der Waals surface area contributed by atoms with Gasteiger partial charge in [-0.15, -0.1) is 12.4 Å². The fraction of sp³-hybridized carbons (Fsp3) is 0.263. The second-order valence-electron chi connectivity index (χ2n) is 6.69. The number of carbonyl (C=O) groups is 1. The molecule has 2 aromatic heterocycles.